The molecule has 0 radical (unpaired) electrons. The molecule has 3 rings (SSSR count). The molecule has 3 aromatic rings. The van der Waals surface area contributed by atoms with Crippen LogP contribution in [0.3, 0.4) is 0 Å². The molecule has 1 heterocycles. The molecule has 0 N–H and O–H groups in total. The fourth-order valence-electron chi connectivity index (χ4n) is 2.15. The highest BCUT2D eigenvalue weighted by atomic mass is 35.5. The molecule has 0 aliphatic heterocycles. The fourth-order valence-corrected chi connectivity index (χ4v) is 2.32. The first kappa shape index (κ1) is 12.9. The maximum absolute atomic E-state index is 6.05. The van der Waals surface area contributed by atoms with Crippen molar-refractivity contribution in [2.45, 2.75) is 6.92 Å². The number of hydrogen-bond acceptors (Lipinski definition) is 1. The molecule has 0 spiro atoms. The van der Waals surface area contributed by atoms with Gasteiger partial charge >= 0.3 is 11.3 Å². The Bertz CT molecular complexity index is 739. The van der Waals surface area contributed by atoms with E-state index in [0.29, 0.717) is 11.6 Å². The minimum absolute atomic E-state index is 0.597. The van der Waals surface area contributed by atoms with E-state index < -0.39 is 0 Å². The van der Waals surface area contributed by atoms with Gasteiger partial charge in [-0.1, -0.05) is 29.8 Å². The van der Waals surface area contributed by atoms with Gasteiger partial charge in [0.05, 0.1) is 18.2 Å². The van der Waals surface area contributed by atoms with E-state index in [9.17, 15) is 0 Å². The summed E-state index contributed by atoms with van der Waals surface area (Å²) in [5.41, 5.74) is 1.78. The quantitative estimate of drug-likeness (QED) is 0.598. The predicted octanol–water partition coefficient (Wildman–Crippen LogP) is 5.43. The first-order chi connectivity index (χ1) is 9.78. The average Bonchev–Trinajstić information content (AvgIpc) is 2.49. The maximum Gasteiger partial charge on any atom is 0.364 e. The van der Waals surface area contributed by atoms with E-state index in [1.807, 2.05) is 61.5 Å². The fraction of sp³-hybridized carbons (Fsp3) is 0.118. The van der Waals surface area contributed by atoms with Crippen molar-refractivity contribution in [1.82, 2.24) is 0 Å². The first-order valence-corrected chi connectivity index (χ1v) is 6.90. The molecule has 3 heteroatoms. The van der Waals surface area contributed by atoms with Crippen LogP contribution >= 0.6 is 11.6 Å². The van der Waals surface area contributed by atoms with Gasteiger partial charge in [-0.3, -0.25) is 0 Å². The SMILES string of the molecule is CCOc1cc(-c2ccccc2)[o+]c2ccc(Cl)cc12. The third-order valence-electron chi connectivity index (χ3n) is 3.05. The third-order valence-corrected chi connectivity index (χ3v) is 3.28. The van der Waals surface area contributed by atoms with E-state index >= 15 is 0 Å². The predicted molar refractivity (Wildman–Crippen MR) is 82.2 cm³/mol. The molecule has 0 aliphatic rings. The van der Waals surface area contributed by atoms with Gasteiger partial charge in [-0.25, -0.2) is 4.42 Å². The smallest absolute Gasteiger partial charge is 0.364 e. The molecule has 0 bridgehead atoms. The van der Waals surface area contributed by atoms with Gasteiger partial charge in [-0.2, -0.15) is 0 Å². The van der Waals surface area contributed by atoms with Gasteiger partial charge in [0, 0.05) is 11.1 Å². The van der Waals surface area contributed by atoms with Crippen molar-refractivity contribution in [3.63, 3.8) is 0 Å². The van der Waals surface area contributed by atoms with Crippen molar-refractivity contribution in [2.24, 2.45) is 0 Å². The van der Waals surface area contributed by atoms with Crippen LogP contribution < -0.4 is 4.74 Å². The second-order valence-corrected chi connectivity index (χ2v) is 4.85. The summed E-state index contributed by atoms with van der Waals surface area (Å²) in [4.78, 5) is 0. The van der Waals surface area contributed by atoms with Gasteiger partial charge in [-0.05, 0) is 31.2 Å². The zero-order chi connectivity index (χ0) is 13.9. The molecule has 2 nitrogen and oxygen atoms in total. The number of hydrogen-bond donors (Lipinski definition) is 0. The highest BCUT2D eigenvalue weighted by molar-refractivity contribution is 6.31. The van der Waals surface area contributed by atoms with Crippen LogP contribution in [-0.2, 0) is 0 Å². The number of halogens is 1. The lowest BCUT2D eigenvalue weighted by Gasteiger charge is -2.04. The molecule has 20 heavy (non-hydrogen) atoms. The zero-order valence-electron chi connectivity index (χ0n) is 11.1. The summed E-state index contributed by atoms with van der Waals surface area (Å²) in [7, 11) is 0. The first-order valence-electron chi connectivity index (χ1n) is 6.52. The normalized spacial score (nSPS) is 10.7. The van der Waals surface area contributed by atoms with Gasteiger partial charge in [0.2, 0.25) is 0 Å². The molecule has 0 saturated carbocycles. The molecule has 0 atom stereocenters. The standard InChI is InChI=1S/C17H14ClO2/c1-2-19-17-11-16(12-6-4-3-5-7-12)20-15-9-8-13(18)10-14(15)17/h3-11H,2H2,1H3/q+1. The second-order valence-electron chi connectivity index (χ2n) is 4.41. The van der Waals surface area contributed by atoms with E-state index in [2.05, 4.69) is 0 Å². The molecule has 0 saturated heterocycles. The highest BCUT2D eigenvalue weighted by Crippen LogP contribution is 2.34. The van der Waals surface area contributed by atoms with Crippen molar-refractivity contribution in [1.29, 1.82) is 0 Å². The van der Waals surface area contributed by atoms with Gasteiger partial charge in [0.15, 0.2) is 0 Å². The highest BCUT2D eigenvalue weighted by Gasteiger charge is 2.19. The third kappa shape index (κ3) is 2.47. The Balaban J connectivity index is 2.23. The van der Waals surface area contributed by atoms with Crippen molar-refractivity contribution >= 4 is 22.6 Å². The number of ether oxygens (including phenoxy) is 1. The van der Waals surface area contributed by atoms with Crippen LogP contribution in [0.2, 0.25) is 5.02 Å². The van der Waals surface area contributed by atoms with Gasteiger partial charge in [0.1, 0.15) is 11.1 Å². The summed E-state index contributed by atoms with van der Waals surface area (Å²) < 4.78 is 11.7. The van der Waals surface area contributed by atoms with Crippen LogP contribution in [0.1, 0.15) is 6.92 Å². The van der Waals surface area contributed by atoms with Crippen molar-refractivity contribution in [3.8, 4) is 17.1 Å². The summed E-state index contributed by atoms with van der Waals surface area (Å²) in [5, 5.41) is 1.56. The van der Waals surface area contributed by atoms with Crippen LogP contribution in [0.4, 0.5) is 0 Å². The molecular weight excluding hydrogens is 272 g/mol. The molecule has 0 unspecified atom stereocenters. The van der Waals surface area contributed by atoms with Crippen LogP contribution in [0.25, 0.3) is 22.3 Å². The van der Waals surface area contributed by atoms with Gasteiger partial charge in [0.25, 0.3) is 0 Å². The molecular formula is C17H14ClO2+. The van der Waals surface area contributed by atoms with E-state index in [1.165, 1.54) is 0 Å². The Labute approximate surface area is 122 Å². The van der Waals surface area contributed by atoms with E-state index in [0.717, 1.165) is 28.0 Å². The molecule has 1 aromatic heterocycles. The van der Waals surface area contributed by atoms with E-state index in [-0.39, 0.29) is 0 Å². The number of fused-ring (bicyclic) bond motifs is 1. The number of benzene rings is 2. The molecule has 0 amide bonds. The zero-order valence-corrected chi connectivity index (χ0v) is 11.9. The van der Waals surface area contributed by atoms with Gasteiger partial charge < -0.3 is 4.74 Å². The molecule has 0 aliphatic carbocycles. The largest absolute Gasteiger partial charge is 0.493 e. The topological polar surface area (TPSA) is 20.5 Å². The minimum atomic E-state index is 0.597. The number of rotatable bonds is 3. The Hall–Kier alpha value is -2.06. The van der Waals surface area contributed by atoms with Crippen LogP contribution in [-0.4, -0.2) is 6.61 Å². The monoisotopic (exact) mass is 285 g/mol. The van der Waals surface area contributed by atoms with E-state index in [1.54, 1.807) is 0 Å². The van der Waals surface area contributed by atoms with Crippen molar-refractivity contribution in [2.75, 3.05) is 6.61 Å². The summed E-state index contributed by atoms with van der Waals surface area (Å²) in [5.74, 6) is 1.57. The van der Waals surface area contributed by atoms with Crippen LogP contribution in [0, 0.1) is 0 Å². The molecule has 2 aromatic carbocycles. The van der Waals surface area contributed by atoms with E-state index in [4.69, 9.17) is 20.8 Å². The van der Waals surface area contributed by atoms with Crippen LogP contribution in [0.5, 0.6) is 5.75 Å². The lowest BCUT2D eigenvalue weighted by Crippen LogP contribution is -1.93. The molecule has 0 fully saturated rings. The lowest BCUT2D eigenvalue weighted by molar-refractivity contribution is 0.342. The summed E-state index contributed by atoms with van der Waals surface area (Å²) >= 11 is 6.05. The second kappa shape index (κ2) is 5.51. The Morgan fingerprint density at radius 2 is 1.85 bits per heavy atom. The van der Waals surface area contributed by atoms with Crippen molar-refractivity contribution < 1.29 is 9.15 Å². The Morgan fingerprint density at radius 3 is 2.60 bits per heavy atom. The Morgan fingerprint density at radius 1 is 1.05 bits per heavy atom. The summed E-state index contributed by atoms with van der Waals surface area (Å²) in [6, 6.07) is 17.4. The maximum atomic E-state index is 6.05. The average molecular weight is 286 g/mol. The van der Waals surface area contributed by atoms with Gasteiger partial charge in [-0.15, -0.1) is 0 Å². The minimum Gasteiger partial charge on any atom is -0.493 e. The lowest BCUT2D eigenvalue weighted by atomic mass is 10.1. The van der Waals surface area contributed by atoms with Crippen LogP contribution in [0.15, 0.2) is 59.0 Å². The molecule has 100 valence electrons. The summed E-state index contributed by atoms with van der Waals surface area (Å²) in [6.07, 6.45) is 0. The summed E-state index contributed by atoms with van der Waals surface area (Å²) in [6.45, 7) is 2.56. The van der Waals surface area contributed by atoms with Crippen molar-refractivity contribution in [3.05, 3.63) is 59.6 Å². The Kier molecular flexibility index (Phi) is 3.57.